The molecule has 26 heavy (non-hydrogen) atoms. The topological polar surface area (TPSA) is 92.3 Å². The van der Waals surface area contributed by atoms with Gasteiger partial charge in [-0.2, -0.15) is 5.26 Å². The first-order chi connectivity index (χ1) is 12.4. The summed E-state index contributed by atoms with van der Waals surface area (Å²) in [6.45, 7) is 1.88. The zero-order chi connectivity index (χ0) is 19.3. The first kappa shape index (κ1) is 19.5. The van der Waals surface area contributed by atoms with E-state index in [1.54, 1.807) is 18.2 Å². The highest BCUT2D eigenvalue weighted by atomic mass is 35.5. The van der Waals surface area contributed by atoms with Gasteiger partial charge in [-0.3, -0.25) is 4.79 Å². The van der Waals surface area contributed by atoms with Crippen LogP contribution in [0.5, 0.6) is 0 Å². The Bertz CT molecular complexity index is 869. The van der Waals surface area contributed by atoms with Gasteiger partial charge in [-0.1, -0.05) is 30.7 Å². The fourth-order valence-electron chi connectivity index (χ4n) is 2.97. The van der Waals surface area contributed by atoms with Crippen molar-refractivity contribution in [2.24, 2.45) is 0 Å². The number of furan rings is 1. The number of nitrogens with one attached hydrogen (secondary N) is 1. The summed E-state index contributed by atoms with van der Waals surface area (Å²) in [5, 5.41) is 12.4. The average molecular weight is 375 g/mol. The number of hydrogen-bond donors (Lipinski definition) is 1. The fraction of sp³-hybridized carbons (Fsp3) is 0.316. The summed E-state index contributed by atoms with van der Waals surface area (Å²) in [6, 6.07) is 10.5. The molecule has 0 aliphatic carbocycles. The lowest BCUT2D eigenvalue weighted by molar-refractivity contribution is 0.0595. The van der Waals surface area contributed by atoms with Crippen LogP contribution < -0.4 is 5.32 Å². The van der Waals surface area contributed by atoms with Crippen LogP contribution >= 0.6 is 11.6 Å². The van der Waals surface area contributed by atoms with Crippen LogP contribution in [-0.4, -0.2) is 26.0 Å². The zero-order valence-corrected chi connectivity index (χ0v) is 15.5. The maximum Gasteiger partial charge on any atom is 0.341 e. The molecule has 136 valence electrons. The van der Waals surface area contributed by atoms with Crippen LogP contribution in [0, 0.1) is 11.3 Å². The largest absolute Gasteiger partial charge is 0.465 e. The lowest BCUT2D eigenvalue weighted by Gasteiger charge is -2.30. The van der Waals surface area contributed by atoms with Gasteiger partial charge >= 0.3 is 5.97 Å². The second-order valence-corrected chi connectivity index (χ2v) is 6.14. The second kappa shape index (κ2) is 8.07. The summed E-state index contributed by atoms with van der Waals surface area (Å²) >= 11 is 6.13. The fourth-order valence-corrected chi connectivity index (χ4v) is 3.16. The molecular weight excluding hydrogens is 356 g/mol. The number of esters is 1. The Morgan fingerprint density at radius 1 is 1.38 bits per heavy atom. The summed E-state index contributed by atoms with van der Waals surface area (Å²) in [5.74, 6) is -0.930. The third-order valence-corrected chi connectivity index (χ3v) is 4.62. The number of carbonyl (C=O) groups excluding carboxylic acids is 2. The van der Waals surface area contributed by atoms with Crippen LogP contribution in [0.1, 0.15) is 52.0 Å². The molecule has 1 atom stereocenters. The number of halogens is 1. The number of methoxy groups -OCH3 is 1. The molecule has 0 saturated heterocycles. The average Bonchev–Trinajstić information content (AvgIpc) is 3.10. The van der Waals surface area contributed by atoms with Crippen molar-refractivity contribution >= 4 is 23.5 Å². The van der Waals surface area contributed by atoms with E-state index in [-0.39, 0.29) is 23.5 Å². The van der Waals surface area contributed by atoms with E-state index in [0.717, 1.165) is 5.56 Å². The smallest absolute Gasteiger partial charge is 0.341 e. The van der Waals surface area contributed by atoms with Crippen molar-refractivity contribution < 1.29 is 18.7 Å². The van der Waals surface area contributed by atoms with Gasteiger partial charge in [-0.05, 0) is 24.1 Å². The Morgan fingerprint density at radius 3 is 2.65 bits per heavy atom. The number of amides is 1. The van der Waals surface area contributed by atoms with Gasteiger partial charge in [0.25, 0.3) is 5.91 Å². The van der Waals surface area contributed by atoms with Crippen molar-refractivity contribution in [2.75, 3.05) is 14.2 Å². The molecule has 2 aromatic rings. The molecular formula is C19H19ClN2O4. The Hall–Kier alpha value is -2.78. The van der Waals surface area contributed by atoms with E-state index >= 15 is 0 Å². The minimum absolute atomic E-state index is 0.0271. The van der Waals surface area contributed by atoms with Crippen LogP contribution in [0.25, 0.3) is 0 Å². The van der Waals surface area contributed by atoms with Gasteiger partial charge in [0.15, 0.2) is 5.76 Å². The predicted molar refractivity (Wildman–Crippen MR) is 96.2 cm³/mol. The molecule has 1 N–H and O–H groups in total. The Kier molecular flexibility index (Phi) is 6.06. The van der Waals surface area contributed by atoms with E-state index in [9.17, 15) is 14.9 Å². The second-order valence-electron chi connectivity index (χ2n) is 5.71. The number of nitrogens with zero attached hydrogens (tertiary/aromatic N) is 1. The van der Waals surface area contributed by atoms with Gasteiger partial charge in [-0.25, -0.2) is 4.79 Å². The predicted octanol–water partition coefficient (Wildman–Crippen LogP) is 3.69. The Balaban J connectivity index is 2.80. The van der Waals surface area contributed by atoms with Gasteiger partial charge in [0.2, 0.25) is 0 Å². The van der Waals surface area contributed by atoms with E-state index in [4.69, 9.17) is 20.8 Å². The molecule has 1 amide bonds. The first-order valence-electron chi connectivity index (χ1n) is 8.01. The van der Waals surface area contributed by atoms with Gasteiger partial charge < -0.3 is 14.5 Å². The standard InChI is InChI=1S/C19H19ClN2O4/c1-4-19(8-9-21,12-6-5-7-13(20)10-12)16-14(18(24)25-3)11-15(26-16)17(23)22-2/h5-7,10-11H,4,8H2,1-3H3,(H,22,23). The number of benzene rings is 1. The van der Waals surface area contributed by atoms with E-state index in [1.807, 2.05) is 13.0 Å². The van der Waals surface area contributed by atoms with Gasteiger partial charge in [0, 0.05) is 18.1 Å². The highest BCUT2D eigenvalue weighted by molar-refractivity contribution is 6.30. The van der Waals surface area contributed by atoms with Gasteiger partial charge in [0.05, 0.1) is 25.0 Å². The van der Waals surface area contributed by atoms with Crippen molar-refractivity contribution in [1.29, 1.82) is 5.26 Å². The van der Waals surface area contributed by atoms with Crippen molar-refractivity contribution in [2.45, 2.75) is 25.2 Å². The number of nitriles is 1. The summed E-state index contributed by atoms with van der Waals surface area (Å²) in [7, 11) is 2.71. The Labute approximate surface area is 156 Å². The van der Waals surface area contributed by atoms with Crippen molar-refractivity contribution in [3.8, 4) is 6.07 Å². The summed E-state index contributed by atoms with van der Waals surface area (Å²) in [6.07, 6.45) is 0.486. The SMILES string of the molecule is CCC(CC#N)(c1cccc(Cl)c1)c1oc(C(=O)NC)cc1C(=O)OC. The highest BCUT2D eigenvalue weighted by Gasteiger charge is 2.41. The maximum atomic E-state index is 12.3. The summed E-state index contributed by atoms with van der Waals surface area (Å²) in [4.78, 5) is 24.3. The molecule has 1 aromatic carbocycles. The Morgan fingerprint density at radius 2 is 2.12 bits per heavy atom. The molecule has 0 fully saturated rings. The molecule has 0 bridgehead atoms. The normalized spacial score (nSPS) is 12.7. The minimum atomic E-state index is -0.949. The third-order valence-electron chi connectivity index (χ3n) is 4.38. The maximum absolute atomic E-state index is 12.3. The lowest BCUT2D eigenvalue weighted by atomic mass is 9.72. The number of ether oxygens (including phenoxy) is 1. The zero-order valence-electron chi connectivity index (χ0n) is 14.8. The molecule has 0 saturated carbocycles. The monoisotopic (exact) mass is 374 g/mol. The molecule has 0 spiro atoms. The quantitative estimate of drug-likeness (QED) is 0.778. The van der Waals surface area contributed by atoms with Crippen LogP contribution in [0.4, 0.5) is 0 Å². The van der Waals surface area contributed by atoms with Gasteiger partial charge in [0.1, 0.15) is 11.3 Å². The van der Waals surface area contributed by atoms with Gasteiger partial charge in [-0.15, -0.1) is 0 Å². The van der Waals surface area contributed by atoms with Crippen LogP contribution in [0.2, 0.25) is 5.02 Å². The van der Waals surface area contributed by atoms with Crippen LogP contribution in [0.15, 0.2) is 34.7 Å². The van der Waals surface area contributed by atoms with E-state index in [2.05, 4.69) is 11.4 Å². The van der Waals surface area contributed by atoms with E-state index in [1.165, 1.54) is 20.2 Å². The molecule has 0 aliphatic rings. The van der Waals surface area contributed by atoms with Crippen LogP contribution in [0.3, 0.4) is 0 Å². The number of carbonyl (C=O) groups is 2. The molecule has 0 aliphatic heterocycles. The number of rotatable bonds is 6. The van der Waals surface area contributed by atoms with Crippen molar-refractivity contribution in [3.05, 3.63) is 58.0 Å². The molecule has 0 radical (unpaired) electrons. The molecule has 1 unspecified atom stereocenters. The van der Waals surface area contributed by atoms with E-state index in [0.29, 0.717) is 11.4 Å². The van der Waals surface area contributed by atoms with Crippen molar-refractivity contribution in [3.63, 3.8) is 0 Å². The lowest BCUT2D eigenvalue weighted by Crippen LogP contribution is -2.28. The molecule has 2 rings (SSSR count). The highest BCUT2D eigenvalue weighted by Crippen LogP contribution is 2.42. The molecule has 1 aromatic heterocycles. The minimum Gasteiger partial charge on any atom is -0.465 e. The molecule has 7 heteroatoms. The van der Waals surface area contributed by atoms with Crippen molar-refractivity contribution in [1.82, 2.24) is 5.32 Å². The number of hydrogen-bond acceptors (Lipinski definition) is 5. The summed E-state index contributed by atoms with van der Waals surface area (Å²) < 4.78 is 10.6. The first-order valence-corrected chi connectivity index (χ1v) is 8.39. The molecule has 1 heterocycles. The molecule has 6 nitrogen and oxygen atoms in total. The van der Waals surface area contributed by atoms with Crippen LogP contribution in [-0.2, 0) is 10.2 Å². The summed E-state index contributed by atoms with van der Waals surface area (Å²) in [5.41, 5.74) is -0.115. The van der Waals surface area contributed by atoms with E-state index < -0.39 is 17.3 Å². The third kappa shape index (κ3) is 3.44.